The van der Waals surface area contributed by atoms with E-state index in [4.69, 9.17) is 14.2 Å². The maximum atomic E-state index is 11.6. The van der Waals surface area contributed by atoms with Gasteiger partial charge in [0, 0.05) is 0 Å². The minimum atomic E-state index is -0.389. The highest BCUT2D eigenvalue weighted by Gasteiger charge is 2.18. The van der Waals surface area contributed by atoms with Crippen LogP contribution in [0.5, 0.6) is 11.5 Å². The highest BCUT2D eigenvalue weighted by Crippen LogP contribution is 2.33. The SMILES string of the molecule is CCOC(=O)c1ccc(OC)c(I)c1OC. The second kappa shape index (κ2) is 5.93. The lowest BCUT2D eigenvalue weighted by Crippen LogP contribution is -2.08. The highest BCUT2D eigenvalue weighted by atomic mass is 127. The van der Waals surface area contributed by atoms with Crippen molar-refractivity contribution >= 4 is 28.6 Å². The summed E-state index contributed by atoms with van der Waals surface area (Å²) in [5.41, 5.74) is 0.412. The Kier molecular flexibility index (Phi) is 4.85. The molecule has 0 amide bonds. The van der Waals surface area contributed by atoms with Crippen molar-refractivity contribution in [3.05, 3.63) is 21.3 Å². The zero-order chi connectivity index (χ0) is 12.1. The number of carbonyl (C=O) groups is 1. The smallest absolute Gasteiger partial charge is 0.341 e. The molecule has 0 heterocycles. The van der Waals surface area contributed by atoms with Crippen LogP contribution in [0.3, 0.4) is 0 Å². The summed E-state index contributed by atoms with van der Waals surface area (Å²) in [4.78, 5) is 11.6. The molecule has 0 aliphatic heterocycles. The lowest BCUT2D eigenvalue weighted by Gasteiger charge is -2.12. The Hall–Kier alpha value is -0.980. The number of esters is 1. The molecule has 1 rings (SSSR count). The van der Waals surface area contributed by atoms with Gasteiger partial charge in [0.15, 0.2) is 0 Å². The lowest BCUT2D eigenvalue weighted by molar-refractivity contribution is 0.0522. The van der Waals surface area contributed by atoms with Gasteiger partial charge in [0.05, 0.1) is 24.4 Å². The monoisotopic (exact) mass is 336 g/mol. The summed E-state index contributed by atoms with van der Waals surface area (Å²) < 4.78 is 16.0. The van der Waals surface area contributed by atoms with Crippen molar-refractivity contribution in [2.24, 2.45) is 0 Å². The Morgan fingerprint density at radius 1 is 1.31 bits per heavy atom. The fourth-order valence-corrected chi connectivity index (χ4v) is 2.18. The van der Waals surface area contributed by atoms with Crippen LogP contribution in [-0.4, -0.2) is 26.8 Å². The predicted molar refractivity (Wildman–Crippen MR) is 68.2 cm³/mol. The summed E-state index contributed by atoms with van der Waals surface area (Å²) in [7, 11) is 3.08. The number of methoxy groups -OCH3 is 2. The number of rotatable bonds is 4. The maximum absolute atomic E-state index is 11.6. The zero-order valence-corrected chi connectivity index (χ0v) is 11.5. The normalized spacial score (nSPS) is 9.75. The van der Waals surface area contributed by atoms with Crippen LogP contribution < -0.4 is 9.47 Å². The van der Waals surface area contributed by atoms with E-state index in [1.54, 1.807) is 26.2 Å². The average molecular weight is 336 g/mol. The van der Waals surface area contributed by atoms with Gasteiger partial charge in [-0.15, -0.1) is 0 Å². The maximum Gasteiger partial charge on any atom is 0.341 e. The van der Waals surface area contributed by atoms with Crippen molar-refractivity contribution in [1.29, 1.82) is 0 Å². The number of halogens is 1. The molecule has 16 heavy (non-hydrogen) atoms. The molecule has 0 spiro atoms. The number of ether oxygens (including phenoxy) is 3. The third-order valence-electron chi connectivity index (χ3n) is 1.98. The Balaban J connectivity index is 3.20. The second-order valence-corrected chi connectivity index (χ2v) is 3.96. The van der Waals surface area contributed by atoms with Crippen LogP contribution in [0.15, 0.2) is 12.1 Å². The van der Waals surface area contributed by atoms with Crippen molar-refractivity contribution in [2.75, 3.05) is 20.8 Å². The summed E-state index contributed by atoms with van der Waals surface area (Å²) in [6.07, 6.45) is 0. The van der Waals surface area contributed by atoms with Gasteiger partial charge >= 0.3 is 5.97 Å². The Morgan fingerprint density at radius 3 is 2.50 bits per heavy atom. The van der Waals surface area contributed by atoms with Gasteiger partial charge in [-0.1, -0.05) is 0 Å². The van der Waals surface area contributed by atoms with Crippen molar-refractivity contribution in [3.63, 3.8) is 0 Å². The van der Waals surface area contributed by atoms with Crippen LogP contribution in [0.2, 0.25) is 0 Å². The van der Waals surface area contributed by atoms with Gasteiger partial charge in [0.25, 0.3) is 0 Å². The topological polar surface area (TPSA) is 44.8 Å². The Bertz CT molecular complexity index is 390. The molecule has 1 aromatic carbocycles. The van der Waals surface area contributed by atoms with E-state index in [-0.39, 0.29) is 5.97 Å². The van der Waals surface area contributed by atoms with Crippen LogP contribution in [-0.2, 0) is 4.74 Å². The summed E-state index contributed by atoms with van der Waals surface area (Å²) in [6.45, 7) is 2.10. The molecule has 0 unspecified atom stereocenters. The standard InChI is InChI=1S/C11H13IO4/c1-4-16-11(13)7-5-6-8(14-2)9(12)10(7)15-3/h5-6H,4H2,1-3H3. The first kappa shape index (κ1) is 13.1. The lowest BCUT2D eigenvalue weighted by atomic mass is 10.2. The van der Waals surface area contributed by atoms with Crippen molar-refractivity contribution in [3.8, 4) is 11.5 Å². The molecular weight excluding hydrogens is 323 g/mol. The molecule has 0 saturated heterocycles. The number of hydrogen-bond donors (Lipinski definition) is 0. The van der Waals surface area contributed by atoms with Crippen LogP contribution in [0.4, 0.5) is 0 Å². The van der Waals surface area contributed by atoms with E-state index in [0.717, 1.165) is 3.57 Å². The van der Waals surface area contributed by atoms with Crippen LogP contribution in [0.25, 0.3) is 0 Å². The van der Waals surface area contributed by atoms with Gasteiger partial charge in [-0.3, -0.25) is 0 Å². The summed E-state index contributed by atoms with van der Waals surface area (Å²) >= 11 is 2.07. The molecule has 0 aliphatic carbocycles. The minimum absolute atomic E-state index is 0.338. The minimum Gasteiger partial charge on any atom is -0.496 e. The molecule has 1 aromatic rings. The third kappa shape index (κ3) is 2.58. The molecule has 5 heteroatoms. The van der Waals surface area contributed by atoms with E-state index in [9.17, 15) is 4.79 Å². The molecule has 88 valence electrons. The molecule has 0 saturated carbocycles. The van der Waals surface area contributed by atoms with Gasteiger partial charge in [-0.25, -0.2) is 4.79 Å². The van der Waals surface area contributed by atoms with E-state index in [1.807, 2.05) is 0 Å². The number of carbonyl (C=O) groups excluding carboxylic acids is 1. The largest absolute Gasteiger partial charge is 0.496 e. The van der Waals surface area contributed by atoms with Crippen molar-refractivity contribution < 1.29 is 19.0 Å². The molecule has 0 fully saturated rings. The predicted octanol–water partition coefficient (Wildman–Crippen LogP) is 2.49. The molecule has 0 atom stereocenters. The van der Waals surface area contributed by atoms with Gasteiger partial charge in [-0.2, -0.15) is 0 Å². The Morgan fingerprint density at radius 2 is 2.00 bits per heavy atom. The molecule has 4 nitrogen and oxygen atoms in total. The van der Waals surface area contributed by atoms with Gasteiger partial charge in [-0.05, 0) is 41.6 Å². The van der Waals surface area contributed by atoms with Crippen LogP contribution >= 0.6 is 22.6 Å². The fraction of sp³-hybridized carbons (Fsp3) is 0.364. The van der Waals surface area contributed by atoms with Crippen LogP contribution in [0.1, 0.15) is 17.3 Å². The van der Waals surface area contributed by atoms with Crippen LogP contribution in [0, 0.1) is 3.57 Å². The van der Waals surface area contributed by atoms with E-state index in [2.05, 4.69) is 22.6 Å². The van der Waals surface area contributed by atoms with Gasteiger partial charge in [0.1, 0.15) is 17.1 Å². The summed E-state index contributed by atoms with van der Waals surface area (Å²) in [6, 6.07) is 3.36. The Labute approximate surface area is 108 Å². The molecule has 0 radical (unpaired) electrons. The molecule has 0 aliphatic rings. The first-order valence-corrected chi connectivity index (χ1v) is 5.81. The third-order valence-corrected chi connectivity index (χ3v) is 3.00. The van der Waals surface area contributed by atoms with E-state index < -0.39 is 0 Å². The first-order chi connectivity index (χ1) is 7.65. The molecular formula is C11H13IO4. The second-order valence-electron chi connectivity index (χ2n) is 2.88. The van der Waals surface area contributed by atoms with Crippen molar-refractivity contribution in [1.82, 2.24) is 0 Å². The first-order valence-electron chi connectivity index (χ1n) is 4.73. The van der Waals surface area contributed by atoms with E-state index >= 15 is 0 Å². The molecule has 0 bridgehead atoms. The van der Waals surface area contributed by atoms with E-state index in [1.165, 1.54) is 7.11 Å². The van der Waals surface area contributed by atoms with Crippen molar-refractivity contribution in [2.45, 2.75) is 6.92 Å². The molecule has 0 aromatic heterocycles. The highest BCUT2D eigenvalue weighted by molar-refractivity contribution is 14.1. The zero-order valence-electron chi connectivity index (χ0n) is 9.37. The van der Waals surface area contributed by atoms with E-state index in [0.29, 0.717) is 23.7 Å². The fourth-order valence-electron chi connectivity index (χ4n) is 1.26. The average Bonchev–Trinajstić information content (AvgIpc) is 2.28. The number of hydrogen-bond acceptors (Lipinski definition) is 4. The summed E-state index contributed by atoms with van der Waals surface area (Å²) in [5.74, 6) is 0.767. The van der Waals surface area contributed by atoms with Gasteiger partial charge in [0.2, 0.25) is 0 Å². The van der Waals surface area contributed by atoms with Gasteiger partial charge < -0.3 is 14.2 Å². The number of benzene rings is 1. The quantitative estimate of drug-likeness (QED) is 0.626. The molecule has 0 N–H and O–H groups in total. The summed E-state index contributed by atoms with van der Waals surface area (Å²) in [5, 5.41) is 0.